The number of amides is 1. The van der Waals surface area contributed by atoms with Gasteiger partial charge >= 0.3 is 0 Å². The molecule has 3 aromatic rings. The first kappa shape index (κ1) is 15.4. The molecule has 4 rings (SSSR count). The molecule has 0 aliphatic carbocycles. The number of aromatic nitrogens is 1. The van der Waals surface area contributed by atoms with Crippen molar-refractivity contribution < 1.29 is 9.53 Å². The van der Waals surface area contributed by atoms with Crippen LogP contribution in [0.2, 0.25) is 0 Å². The second-order valence-corrected chi connectivity index (χ2v) is 6.34. The fourth-order valence-electron chi connectivity index (χ4n) is 3.29. The van der Waals surface area contributed by atoms with Crippen molar-refractivity contribution in [2.75, 3.05) is 31.0 Å². The molecule has 1 aliphatic rings. The largest absolute Gasteiger partial charge is 0.497 e. The highest BCUT2D eigenvalue weighted by atomic mass is 16.5. The van der Waals surface area contributed by atoms with Gasteiger partial charge in [0.2, 0.25) is 0 Å². The van der Waals surface area contributed by atoms with Crippen LogP contribution in [0, 0.1) is 0 Å². The number of hydrogen-bond donors (Lipinski definition) is 0. The molecule has 0 spiro atoms. The van der Waals surface area contributed by atoms with E-state index in [1.54, 1.807) is 18.2 Å². The molecule has 5 heteroatoms. The number of fused-ring (bicyclic) bond motifs is 2. The average Bonchev–Trinajstić information content (AvgIpc) is 2.96. The third-order valence-corrected chi connectivity index (χ3v) is 4.62. The topological polar surface area (TPSA) is 45.7 Å². The number of nitrogens with zero attached hydrogens (tertiary/aromatic N) is 3. The third kappa shape index (κ3) is 2.48. The molecule has 0 saturated carbocycles. The Hall–Kier alpha value is -3.08. The summed E-state index contributed by atoms with van der Waals surface area (Å²) in [5, 5.41) is 1.03. The Morgan fingerprint density at radius 2 is 1.96 bits per heavy atom. The SMILES string of the molecule is COc1ccc2c(c1)C(=O)N(c1ccc3nccc(N(C)C)c3c1)C2. The molecule has 0 radical (unpaired) electrons. The molecule has 5 nitrogen and oxygen atoms in total. The lowest BCUT2D eigenvalue weighted by atomic mass is 10.1. The average molecular weight is 333 g/mol. The summed E-state index contributed by atoms with van der Waals surface area (Å²) >= 11 is 0. The number of pyridine rings is 1. The van der Waals surface area contributed by atoms with Crippen molar-refractivity contribution in [2.24, 2.45) is 0 Å². The molecule has 2 heterocycles. The number of carbonyl (C=O) groups is 1. The number of rotatable bonds is 3. The highest BCUT2D eigenvalue weighted by Crippen LogP contribution is 2.34. The predicted molar refractivity (Wildman–Crippen MR) is 99.6 cm³/mol. The summed E-state index contributed by atoms with van der Waals surface area (Å²) in [7, 11) is 5.62. The van der Waals surface area contributed by atoms with Gasteiger partial charge in [0, 0.05) is 42.6 Å². The molecule has 1 aliphatic heterocycles. The van der Waals surface area contributed by atoms with Crippen molar-refractivity contribution in [3.8, 4) is 5.75 Å². The minimum absolute atomic E-state index is 0.00328. The normalized spacial score (nSPS) is 13.2. The van der Waals surface area contributed by atoms with Crippen LogP contribution >= 0.6 is 0 Å². The van der Waals surface area contributed by atoms with Gasteiger partial charge < -0.3 is 14.5 Å². The molecule has 1 amide bonds. The van der Waals surface area contributed by atoms with Crippen LogP contribution in [0.15, 0.2) is 48.7 Å². The zero-order valence-corrected chi connectivity index (χ0v) is 14.5. The van der Waals surface area contributed by atoms with Crippen LogP contribution in [0.1, 0.15) is 15.9 Å². The molecule has 0 saturated heterocycles. The zero-order chi connectivity index (χ0) is 17.6. The molecule has 0 bridgehead atoms. The summed E-state index contributed by atoms with van der Waals surface area (Å²) in [5.41, 5.74) is 4.60. The van der Waals surface area contributed by atoms with Crippen molar-refractivity contribution in [1.29, 1.82) is 0 Å². The van der Waals surface area contributed by atoms with Crippen LogP contribution < -0.4 is 14.5 Å². The van der Waals surface area contributed by atoms with Gasteiger partial charge in [-0.25, -0.2) is 0 Å². The number of ether oxygens (including phenoxy) is 1. The molecule has 2 aromatic carbocycles. The van der Waals surface area contributed by atoms with E-state index >= 15 is 0 Å². The van der Waals surface area contributed by atoms with Gasteiger partial charge in [-0.2, -0.15) is 0 Å². The lowest BCUT2D eigenvalue weighted by Gasteiger charge is -2.19. The first-order chi connectivity index (χ1) is 12.1. The second kappa shape index (κ2) is 5.77. The first-order valence-electron chi connectivity index (χ1n) is 8.13. The maximum Gasteiger partial charge on any atom is 0.259 e. The second-order valence-electron chi connectivity index (χ2n) is 6.34. The standard InChI is InChI=1S/C20H19N3O2/c1-22(2)19-8-9-21-18-7-5-14(10-17(18)19)23-12-13-4-6-15(25-3)11-16(13)20(23)24/h4-11H,12H2,1-3H3. The van der Waals surface area contributed by atoms with Crippen molar-refractivity contribution in [2.45, 2.75) is 6.54 Å². The monoisotopic (exact) mass is 333 g/mol. The highest BCUT2D eigenvalue weighted by Gasteiger charge is 2.29. The van der Waals surface area contributed by atoms with Crippen molar-refractivity contribution in [1.82, 2.24) is 4.98 Å². The van der Waals surface area contributed by atoms with E-state index in [9.17, 15) is 4.79 Å². The van der Waals surface area contributed by atoms with Crippen molar-refractivity contribution in [3.05, 3.63) is 59.8 Å². The van der Waals surface area contributed by atoms with Gasteiger partial charge in [-0.3, -0.25) is 9.78 Å². The minimum Gasteiger partial charge on any atom is -0.497 e. The van der Waals surface area contributed by atoms with Gasteiger partial charge in [-0.05, 0) is 42.0 Å². The van der Waals surface area contributed by atoms with Crippen LogP contribution in [-0.2, 0) is 6.54 Å². The maximum absolute atomic E-state index is 12.9. The van der Waals surface area contributed by atoms with Crippen molar-refractivity contribution in [3.63, 3.8) is 0 Å². The van der Waals surface area contributed by atoms with E-state index < -0.39 is 0 Å². The lowest BCUT2D eigenvalue weighted by molar-refractivity contribution is 0.0996. The van der Waals surface area contributed by atoms with Crippen LogP contribution in [0.4, 0.5) is 11.4 Å². The number of benzene rings is 2. The molecule has 25 heavy (non-hydrogen) atoms. The van der Waals surface area contributed by atoms with E-state index in [1.807, 2.05) is 56.6 Å². The van der Waals surface area contributed by atoms with E-state index in [-0.39, 0.29) is 5.91 Å². The molecule has 1 aromatic heterocycles. The summed E-state index contributed by atoms with van der Waals surface area (Å²) in [6, 6.07) is 13.6. The Kier molecular flexibility index (Phi) is 3.57. The highest BCUT2D eigenvalue weighted by molar-refractivity contribution is 6.11. The third-order valence-electron chi connectivity index (χ3n) is 4.62. The Morgan fingerprint density at radius 1 is 1.12 bits per heavy atom. The van der Waals surface area contributed by atoms with Gasteiger partial charge in [0.25, 0.3) is 5.91 Å². The van der Waals surface area contributed by atoms with Crippen LogP contribution in [0.25, 0.3) is 10.9 Å². The van der Waals surface area contributed by atoms with E-state index in [1.165, 1.54) is 0 Å². The van der Waals surface area contributed by atoms with Crippen LogP contribution in [0.3, 0.4) is 0 Å². The molecule has 0 N–H and O–H groups in total. The molecule has 0 unspecified atom stereocenters. The van der Waals surface area contributed by atoms with E-state index in [4.69, 9.17) is 4.74 Å². The summed E-state index contributed by atoms with van der Waals surface area (Å²) in [6.45, 7) is 0.571. The van der Waals surface area contributed by atoms with Gasteiger partial charge in [0.1, 0.15) is 5.75 Å². The number of methoxy groups -OCH3 is 1. The molecule has 0 atom stereocenters. The first-order valence-corrected chi connectivity index (χ1v) is 8.13. The minimum atomic E-state index is 0.00328. The molecular formula is C20H19N3O2. The van der Waals surface area contributed by atoms with E-state index in [2.05, 4.69) is 9.88 Å². The van der Waals surface area contributed by atoms with Crippen molar-refractivity contribution >= 4 is 28.2 Å². The Morgan fingerprint density at radius 3 is 2.72 bits per heavy atom. The Labute approximate surface area is 146 Å². The molecule has 0 fully saturated rings. The number of carbonyl (C=O) groups excluding carboxylic acids is 1. The lowest BCUT2D eigenvalue weighted by Crippen LogP contribution is -2.23. The molecular weight excluding hydrogens is 314 g/mol. The fraction of sp³-hybridized carbons (Fsp3) is 0.200. The quantitative estimate of drug-likeness (QED) is 0.736. The number of hydrogen-bond acceptors (Lipinski definition) is 4. The summed E-state index contributed by atoms with van der Waals surface area (Å²) in [6.07, 6.45) is 1.81. The maximum atomic E-state index is 12.9. The molecule has 126 valence electrons. The van der Waals surface area contributed by atoms with Crippen LogP contribution in [0.5, 0.6) is 5.75 Å². The van der Waals surface area contributed by atoms with Gasteiger partial charge in [-0.1, -0.05) is 6.07 Å². The van der Waals surface area contributed by atoms with E-state index in [0.29, 0.717) is 17.9 Å². The Bertz CT molecular complexity index is 982. The van der Waals surface area contributed by atoms with Crippen LogP contribution in [-0.4, -0.2) is 32.1 Å². The van der Waals surface area contributed by atoms with E-state index in [0.717, 1.165) is 27.8 Å². The number of anilines is 2. The Balaban J connectivity index is 1.78. The van der Waals surface area contributed by atoms with Gasteiger partial charge in [0.15, 0.2) is 0 Å². The fourth-order valence-corrected chi connectivity index (χ4v) is 3.29. The zero-order valence-electron chi connectivity index (χ0n) is 14.5. The summed E-state index contributed by atoms with van der Waals surface area (Å²) < 4.78 is 5.24. The summed E-state index contributed by atoms with van der Waals surface area (Å²) in [5.74, 6) is 0.704. The predicted octanol–water partition coefficient (Wildman–Crippen LogP) is 3.47. The smallest absolute Gasteiger partial charge is 0.259 e. The van der Waals surface area contributed by atoms with Gasteiger partial charge in [-0.15, -0.1) is 0 Å². The van der Waals surface area contributed by atoms with Gasteiger partial charge in [0.05, 0.1) is 19.2 Å². The summed E-state index contributed by atoms with van der Waals surface area (Å²) in [4.78, 5) is 21.1.